The smallest absolute Gasteiger partial charge is 0.227 e. The lowest BCUT2D eigenvalue weighted by Crippen LogP contribution is -2.37. The van der Waals surface area contributed by atoms with E-state index in [1.807, 2.05) is 54.6 Å². The Morgan fingerprint density at radius 3 is 2.36 bits per heavy atom. The van der Waals surface area contributed by atoms with Gasteiger partial charge in [-0.25, -0.2) is 0 Å². The summed E-state index contributed by atoms with van der Waals surface area (Å²) >= 11 is 0. The zero-order valence-electron chi connectivity index (χ0n) is 18.6. The minimum atomic E-state index is 0.0125. The number of benzene rings is 4. The number of piperidine rings is 1. The Bertz CT molecular complexity index is 1230. The fourth-order valence-electron chi connectivity index (χ4n) is 4.53. The number of hydrogen-bond donors (Lipinski definition) is 1. The van der Waals surface area contributed by atoms with Gasteiger partial charge in [0.1, 0.15) is 5.75 Å². The quantitative estimate of drug-likeness (QED) is 0.376. The number of nitrogens with one attached hydrogen (secondary N) is 1. The summed E-state index contributed by atoms with van der Waals surface area (Å²) in [6.45, 7) is 2.76. The maximum atomic E-state index is 13.0. The van der Waals surface area contributed by atoms with Crippen molar-refractivity contribution in [3.05, 3.63) is 103 Å². The molecule has 1 amide bonds. The molecule has 166 valence electrons. The highest BCUT2D eigenvalue weighted by Crippen LogP contribution is 2.30. The van der Waals surface area contributed by atoms with Crippen molar-refractivity contribution in [1.29, 1.82) is 0 Å². The summed E-state index contributed by atoms with van der Waals surface area (Å²) in [7, 11) is 0. The number of fused-ring (bicyclic) bond motifs is 1. The number of carbonyl (C=O) groups is 1. The van der Waals surface area contributed by atoms with Crippen LogP contribution in [0.25, 0.3) is 10.8 Å². The number of para-hydroxylation sites is 3. The number of nitrogens with zero attached hydrogens (tertiary/aromatic N) is 1. The predicted molar refractivity (Wildman–Crippen MR) is 134 cm³/mol. The van der Waals surface area contributed by atoms with Gasteiger partial charge in [-0.15, -0.1) is 0 Å². The minimum absolute atomic E-state index is 0.0125. The monoisotopic (exact) mass is 436 g/mol. The summed E-state index contributed by atoms with van der Waals surface area (Å²) in [4.78, 5) is 15.5. The number of amides is 1. The molecule has 0 radical (unpaired) electrons. The van der Waals surface area contributed by atoms with Gasteiger partial charge in [0.15, 0.2) is 5.75 Å². The Labute approximate surface area is 194 Å². The maximum Gasteiger partial charge on any atom is 0.227 e. The summed E-state index contributed by atoms with van der Waals surface area (Å²) < 4.78 is 5.99. The molecule has 1 fully saturated rings. The lowest BCUT2D eigenvalue weighted by atomic mass is 9.95. The number of hydrogen-bond acceptors (Lipinski definition) is 3. The van der Waals surface area contributed by atoms with Gasteiger partial charge in [0.2, 0.25) is 5.91 Å². The SMILES string of the molecule is O=C(Nc1ccccc1Oc1ccccc1)C1CCN(Cc2cccc3ccccc23)CC1. The first kappa shape index (κ1) is 21.2. The zero-order valence-corrected chi connectivity index (χ0v) is 18.6. The van der Waals surface area contributed by atoms with Crippen LogP contribution in [0.2, 0.25) is 0 Å². The molecule has 1 N–H and O–H groups in total. The molecule has 4 aromatic rings. The van der Waals surface area contributed by atoms with E-state index in [0.29, 0.717) is 11.4 Å². The molecule has 4 nitrogen and oxygen atoms in total. The third kappa shape index (κ3) is 5.07. The fourth-order valence-corrected chi connectivity index (χ4v) is 4.53. The number of likely N-dealkylation sites (tertiary alicyclic amines) is 1. The summed E-state index contributed by atoms with van der Waals surface area (Å²) in [6, 6.07) is 32.3. The topological polar surface area (TPSA) is 41.6 Å². The minimum Gasteiger partial charge on any atom is -0.455 e. The molecule has 0 atom stereocenters. The molecule has 1 aliphatic heterocycles. The van der Waals surface area contributed by atoms with E-state index in [-0.39, 0.29) is 11.8 Å². The second-order valence-corrected chi connectivity index (χ2v) is 8.59. The van der Waals surface area contributed by atoms with Crippen molar-refractivity contribution >= 4 is 22.4 Å². The highest BCUT2D eigenvalue weighted by molar-refractivity contribution is 5.94. The van der Waals surface area contributed by atoms with E-state index < -0.39 is 0 Å². The Hall–Kier alpha value is -3.63. The van der Waals surface area contributed by atoms with Gasteiger partial charge in [0.05, 0.1) is 5.69 Å². The summed E-state index contributed by atoms with van der Waals surface area (Å²) in [5, 5.41) is 5.70. The van der Waals surface area contributed by atoms with E-state index in [1.165, 1.54) is 16.3 Å². The lowest BCUT2D eigenvalue weighted by Gasteiger charge is -2.31. The largest absolute Gasteiger partial charge is 0.455 e. The van der Waals surface area contributed by atoms with Crippen molar-refractivity contribution in [1.82, 2.24) is 4.90 Å². The molecule has 4 heteroatoms. The van der Waals surface area contributed by atoms with Crippen LogP contribution in [-0.2, 0) is 11.3 Å². The van der Waals surface area contributed by atoms with Crippen LogP contribution in [0, 0.1) is 5.92 Å². The Morgan fingerprint density at radius 1 is 0.818 bits per heavy atom. The number of rotatable bonds is 6. The van der Waals surface area contributed by atoms with Crippen molar-refractivity contribution < 1.29 is 9.53 Å². The summed E-state index contributed by atoms with van der Waals surface area (Å²) in [5.41, 5.74) is 2.06. The molecule has 1 saturated heterocycles. The second kappa shape index (κ2) is 9.88. The molecule has 4 aromatic carbocycles. The van der Waals surface area contributed by atoms with Gasteiger partial charge in [-0.05, 0) is 66.5 Å². The first-order valence-corrected chi connectivity index (χ1v) is 11.6. The van der Waals surface area contributed by atoms with Crippen molar-refractivity contribution in [3.63, 3.8) is 0 Å². The molecule has 5 rings (SSSR count). The van der Waals surface area contributed by atoms with Crippen LogP contribution in [0.5, 0.6) is 11.5 Å². The van der Waals surface area contributed by atoms with Gasteiger partial charge in [-0.3, -0.25) is 9.69 Å². The molecule has 0 bridgehead atoms. The maximum absolute atomic E-state index is 13.0. The number of anilines is 1. The van der Waals surface area contributed by atoms with Crippen molar-refractivity contribution in [3.8, 4) is 11.5 Å². The molecular weight excluding hydrogens is 408 g/mol. The van der Waals surface area contributed by atoms with Crippen LogP contribution in [0.4, 0.5) is 5.69 Å². The van der Waals surface area contributed by atoms with Crippen molar-refractivity contribution in [2.24, 2.45) is 5.92 Å². The zero-order chi connectivity index (χ0) is 22.5. The van der Waals surface area contributed by atoms with E-state index in [9.17, 15) is 4.79 Å². The molecule has 0 saturated carbocycles. The first-order chi connectivity index (χ1) is 16.3. The highest BCUT2D eigenvalue weighted by atomic mass is 16.5. The fraction of sp³-hybridized carbons (Fsp3) is 0.207. The molecule has 0 aliphatic carbocycles. The van der Waals surface area contributed by atoms with Gasteiger partial charge in [-0.2, -0.15) is 0 Å². The van der Waals surface area contributed by atoms with Crippen LogP contribution in [0.15, 0.2) is 97.1 Å². The molecule has 1 heterocycles. The van der Waals surface area contributed by atoms with Crippen molar-refractivity contribution in [2.45, 2.75) is 19.4 Å². The van der Waals surface area contributed by atoms with Crippen LogP contribution >= 0.6 is 0 Å². The van der Waals surface area contributed by atoms with E-state index >= 15 is 0 Å². The molecule has 0 spiro atoms. The van der Waals surface area contributed by atoms with Gasteiger partial charge in [-0.1, -0.05) is 72.8 Å². The predicted octanol–water partition coefficient (Wildman–Crippen LogP) is 6.48. The number of ether oxygens (including phenoxy) is 1. The number of carbonyl (C=O) groups excluding carboxylic acids is 1. The van der Waals surface area contributed by atoms with E-state index in [1.54, 1.807) is 0 Å². The second-order valence-electron chi connectivity index (χ2n) is 8.59. The highest BCUT2D eigenvalue weighted by Gasteiger charge is 2.26. The van der Waals surface area contributed by atoms with Gasteiger partial charge in [0.25, 0.3) is 0 Å². The third-order valence-corrected chi connectivity index (χ3v) is 6.35. The van der Waals surface area contributed by atoms with Crippen LogP contribution in [0.1, 0.15) is 18.4 Å². The lowest BCUT2D eigenvalue weighted by molar-refractivity contribution is -0.121. The molecule has 33 heavy (non-hydrogen) atoms. The normalized spacial score (nSPS) is 14.8. The molecule has 0 aromatic heterocycles. The van der Waals surface area contributed by atoms with Gasteiger partial charge < -0.3 is 10.1 Å². The van der Waals surface area contributed by atoms with Gasteiger partial charge >= 0.3 is 0 Å². The van der Waals surface area contributed by atoms with Crippen LogP contribution < -0.4 is 10.1 Å². The van der Waals surface area contributed by atoms with E-state index in [4.69, 9.17) is 4.74 Å². The molecule has 0 unspecified atom stereocenters. The summed E-state index contributed by atoms with van der Waals surface area (Å²) in [5.74, 6) is 1.49. The third-order valence-electron chi connectivity index (χ3n) is 6.35. The summed E-state index contributed by atoms with van der Waals surface area (Å²) in [6.07, 6.45) is 1.72. The van der Waals surface area contributed by atoms with E-state index in [2.05, 4.69) is 52.7 Å². The van der Waals surface area contributed by atoms with Crippen LogP contribution in [0.3, 0.4) is 0 Å². The molecule has 1 aliphatic rings. The first-order valence-electron chi connectivity index (χ1n) is 11.6. The standard InChI is InChI=1S/C29H28N2O2/c32-29(30-27-15-6-7-16-28(27)33-25-12-2-1-3-13-25)23-17-19-31(20-18-23)21-24-11-8-10-22-9-4-5-14-26(22)24/h1-16,23H,17-21H2,(H,30,32). The van der Waals surface area contributed by atoms with Crippen molar-refractivity contribution in [2.75, 3.05) is 18.4 Å². The van der Waals surface area contributed by atoms with Gasteiger partial charge in [0, 0.05) is 12.5 Å². The Balaban J connectivity index is 1.19. The average molecular weight is 437 g/mol. The van der Waals surface area contributed by atoms with Crippen LogP contribution in [-0.4, -0.2) is 23.9 Å². The van der Waals surface area contributed by atoms with E-state index in [0.717, 1.165) is 38.2 Å². The Kier molecular flexibility index (Phi) is 6.36. The average Bonchev–Trinajstić information content (AvgIpc) is 2.86. The Morgan fingerprint density at radius 2 is 1.52 bits per heavy atom. The molecular formula is C29H28N2O2.